The number of hydrogen-bond donors (Lipinski definition) is 3. The smallest absolute Gasteiger partial charge is 0.334 e. The first kappa shape index (κ1) is 10.2. The summed E-state index contributed by atoms with van der Waals surface area (Å²) in [6.45, 7) is 0.989. The highest BCUT2D eigenvalue weighted by Crippen LogP contribution is 2.17. The third-order valence-corrected chi connectivity index (χ3v) is 1.90. The van der Waals surface area contributed by atoms with E-state index in [2.05, 4.69) is 0 Å². The van der Waals surface area contributed by atoms with Crippen LogP contribution in [0.4, 0.5) is 0 Å². The lowest BCUT2D eigenvalue weighted by Crippen LogP contribution is -2.39. The predicted molar refractivity (Wildman–Crippen MR) is 42.7 cm³/mol. The van der Waals surface area contributed by atoms with Crippen LogP contribution < -0.4 is 0 Å². The molecule has 1 aliphatic heterocycles. The molecule has 0 bridgehead atoms. The molecule has 0 aromatic rings. The van der Waals surface area contributed by atoms with E-state index in [4.69, 9.17) is 14.9 Å². The summed E-state index contributed by atoms with van der Waals surface area (Å²) in [5.41, 5.74) is 0.397. The number of ether oxygens (including phenoxy) is 1. The van der Waals surface area contributed by atoms with E-state index in [0.717, 1.165) is 0 Å². The van der Waals surface area contributed by atoms with Gasteiger partial charge >= 0.3 is 5.97 Å². The molecule has 0 aromatic heterocycles. The Morgan fingerprint density at radius 2 is 2.23 bits per heavy atom. The maximum atomic E-state index is 10.9. The van der Waals surface area contributed by atoms with E-state index in [9.17, 15) is 9.90 Å². The third-order valence-electron chi connectivity index (χ3n) is 1.90. The molecule has 0 aliphatic carbocycles. The number of aliphatic hydroxyl groups is 3. The Morgan fingerprint density at radius 1 is 1.62 bits per heavy atom. The summed E-state index contributed by atoms with van der Waals surface area (Å²) in [4.78, 5) is 10.9. The van der Waals surface area contributed by atoms with Crippen LogP contribution in [0.1, 0.15) is 6.92 Å². The number of hydrogen-bond acceptors (Lipinski definition) is 5. The third kappa shape index (κ3) is 2.06. The van der Waals surface area contributed by atoms with E-state index in [-0.39, 0.29) is 0 Å². The van der Waals surface area contributed by atoms with Gasteiger partial charge in [-0.1, -0.05) is 0 Å². The van der Waals surface area contributed by atoms with Crippen LogP contribution in [0.5, 0.6) is 0 Å². The zero-order valence-corrected chi connectivity index (χ0v) is 7.17. The molecule has 3 atom stereocenters. The number of carbonyl (C=O) groups is 1. The van der Waals surface area contributed by atoms with Gasteiger partial charge in [0.05, 0.1) is 6.61 Å². The summed E-state index contributed by atoms with van der Waals surface area (Å²) in [7, 11) is 0. The Labute approximate surface area is 75.3 Å². The second-order valence-corrected chi connectivity index (χ2v) is 2.96. The van der Waals surface area contributed by atoms with Crippen LogP contribution in [0.25, 0.3) is 0 Å². The molecule has 0 amide bonds. The van der Waals surface area contributed by atoms with Crippen LogP contribution in [0.3, 0.4) is 0 Å². The highest BCUT2D eigenvalue weighted by molar-refractivity contribution is 5.90. The number of carbonyl (C=O) groups excluding carboxylic acids is 1. The minimum atomic E-state index is -1.29. The van der Waals surface area contributed by atoms with Crippen LogP contribution >= 0.6 is 0 Å². The van der Waals surface area contributed by atoms with Crippen LogP contribution in [0, 0.1) is 0 Å². The largest absolute Gasteiger partial charge is 0.452 e. The van der Waals surface area contributed by atoms with Crippen molar-refractivity contribution in [3.63, 3.8) is 0 Å². The number of aliphatic hydroxyl groups excluding tert-OH is 3. The van der Waals surface area contributed by atoms with Crippen LogP contribution in [0.2, 0.25) is 0 Å². The standard InChI is InChI=1S/C8H12O5/c1-4-2-6(13-8(4)12)7(11)5(10)3-9/h2,5-7,9-11H,3H2,1H3/t5-,6+,7-/m1/s1. The molecule has 13 heavy (non-hydrogen) atoms. The van der Waals surface area contributed by atoms with Crippen molar-refractivity contribution in [2.24, 2.45) is 0 Å². The van der Waals surface area contributed by atoms with Crippen molar-refractivity contribution < 1.29 is 24.9 Å². The average Bonchev–Trinajstić information content (AvgIpc) is 2.44. The Kier molecular flexibility index (Phi) is 3.02. The van der Waals surface area contributed by atoms with Crippen molar-refractivity contribution in [2.75, 3.05) is 6.61 Å². The maximum Gasteiger partial charge on any atom is 0.334 e. The fourth-order valence-electron chi connectivity index (χ4n) is 1.06. The van der Waals surface area contributed by atoms with Crippen molar-refractivity contribution in [3.8, 4) is 0 Å². The zero-order chi connectivity index (χ0) is 10.0. The molecule has 74 valence electrons. The molecule has 5 heteroatoms. The summed E-state index contributed by atoms with van der Waals surface area (Å²) in [6.07, 6.45) is -1.99. The van der Waals surface area contributed by atoms with E-state index in [1.807, 2.05) is 0 Å². The van der Waals surface area contributed by atoms with Gasteiger partial charge in [0.1, 0.15) is 18.3 Å². The fourth-order valence-corrected chi connectivity index (χ4v) is 1.06. The first-order valence-electron chi connectivity index (χ1n) is 3.92. The van der Waals surface area contributed by atoms with Gasteiger partial charge in [-0.3, -0.25) is 0 Å². The molecule has 0 unspecified atom stereocenters. The molecular formula is C8H12O5. The van der Waals surface area contributed by atoms with Gasteiger partial charge in [0.2, 0.25) is 0 Å². The molecule has 5 nitrogen and oxygen atoms in total. The van der Waals surface area contributed by atoms with Gasteiger partial charge in [0.25, 0.3) is 0 Å². The lowest BCUT2D eigenvalue weighted by molar-refractivity contribution is -0.148. The predicted octanol–water partition coefficient (Wildman–Crippen LogP) is -1.43. The first-order valence-corrected chi connectivity index (χ1v) is 3.92. The summed E-state index contributed by atoms with van der Waals surface area (Å²) >= 11 is 0. The van der Waals surface area contributed by atoms with Gasteiger partial charge in [-0.05, 0) is 13.0 Å². The molecule has 3 N–H and O–H groups in total. The zero-order valence-electron chi connectivity index (χ0n) is 7.17. The second-order valence-electron chi connectivity index (χ2n) is 2.96. The Balaban J connectivity index is 2.60. The lowest BCUT2D eigenvalue weighted by Gasteiger charge is -2.19. The Hall–Kier alpha value is -0.910. The summed E-state index contributed by atoms with van der Waals surface area (Å²) < 4.78 is 4.71. The minimum Gasteiger partial charge on any atom is -0.452 e. The molecule has 0 saturated heterocycles. The van der Waals surface area contributed by atoms with Gasteiger partial charge < -0.3 is 20.1 Å². The monoisotopic (exact) mass is 188 g/mol. The van der Waals surface area contributed by atoms with Crippen molar-refractivity contribution in [1.82, 2.24) is 0 Å². The van der Waals surface area contributed by atoms with Crippen LogP contribution in [-0.2, 0) is 9.53 Å². The summed E-state index contributed by atoms with van der Waals surface area (Å²) in [5.74, 6) is -0.505. The van der Waals surface area contributed by atoms with Crippen LogP contribution in [0.15, 0.2) is 11.6 Å². The Bertz CT molecular complexity index is 235. The fraction of sp³-hybridized carbons (Fsp3) is 0.625. The highest BCUT2D eigenvalue weighted by atomic mass is 16.6. The molecule has 0 spiro atoms. The van der Waals surface area contributed by atoms with Gasteiger partial charge in [-0.2, -0.15) is 0 Å². The molecule has 1 aliphatic rings. The second kappa shape index (κ2) is 3.87. The molecule has 0 saturated carbocycles. The van der Waals surface area contributed by atoms with E-state index in [1.54, 1.807) is 6.92 Å². The van der Waals surface area contributed by atoms with E-state index in [0.29, 0.717) is 5.57 Å². The van der Waals surface area contributed by atoms with Gasteiger partial charge in [-0.15, -0.1) is 0 Å². The van der Waals surface area contributed by atoms with Crippen LogP contribution in [-0.4, -0.2) is 46.2 Å². The van der Waals surface area contributed by atoms with Gasteiger partial charge in [-0.25, -0.2) is 4.79 Å². The summed E-state index contributed by atoms with van der Waals surface area (Å²) in [5, 5.41) is 26.9. The first-order chi connectivity index (χ1) is 6.06. The average molecular weight is 188 g/mol. The Morgan fingerprint density at radius 3 is 2.62 bits per heavy atom. The molecule has 1 rings (SSSR count). The molecule has 0 aromatic carbocycles. The van der Waals surface area contributed by atoms with Crippen molar-refractivity contribution >= 4 is 5.97 Å². The SMILES string of the molecule is CC1=C[C@@H]([C@H](O)[C@H](O)CO)OC1=O. The van der Waals surface area contributed by atoms with E-state index >= 15 is 0 Å². The normalized spacial score (nSPS) is 26.6. The number of rotatable bonds is 3. The number of cyclic esters (lactones) is 1. The number of esters is 1. The quantitative estimate of drug-likeness (QED) is 0.473. The van der Waals surface area contributed by atoms with Crippen molar-refractivity contribution in [1.29, 1.82) is 0 Å². The molecule has 1 heterocycles. The molecular weight excluding hydrogens is 176 g/mol. The lowest BCUT2D eigenvalue weighted by atomic mass is 10.1. The molecule has 0 radical (unpaired) electrons. The van der Waals surface area contributed by atoms with Gasteiger partial charge in [0, 0.05) is 5.57 Å². The van der Waals surface area contributed by atoms with Gasteiger partial charge in [0.15, 0.2) is 0 Å². The van der Waals surface area contributed by atoms with E-state index in [1.165, 1.54) is 6.08 Å². The van der Waals surface area contributed by atoms with Crippen molar-refractivity contribution in [3.05, 3.63) is 11.6 Å². The highest BCUT2D eigenvalue weighted by Gasteiger charge is 2.32. The maximum absolute atomic E-state index is 10.9. The van der Waals surface area contributed by atoms with Crippen molar-refractivity contribution in [2.45, 2.75) is 25.2 Å². The van der Waals surface area contributed by atoms with E-state index < -0.39 is 30.9 Å². The topological polar surface area (TPSA) is 87.0 Å². The summed E-state index contributed by atoms with van der Waals surface area (Å²) in [6, 6.07) is 0. The molecule has 0 fully saturated rings. The minimum absolute atomic E-state index is 0.397.